The van der Waals surface area contributed by atoms with Gasteiger partial charge in [0, 0.05) is 22.7 Å². The second-order valence-electron chi connectivity index (χ2n) is 5.17. The summed E-state index contributed by atoms with van der Waals surface area (Å²) >= 11 is 0. The van der Waals surface area contributed by atoms with Gasteiger partial charge in [-0.05, 0) is 25.2 Å². The van der Waals surface area contributed by atoms with Gasteiger partial charge in [-0.2, -0.15) is 0 Å². The average Bonchev–Trinajstić information content (AvgIpc) is 3.05. The van der Waals surface area contributed by atoms with Crippen molar-refractivity contribution in [3.8, 4) is 0 Å². The van der Waals surface area contributed by atoms with Gasteiger partial charge in [0.05, 0.1) is 12.4 Å². The van der Waals surface area contributed by atoms with Crippen LogP contribution < -0.4 is 0 Å². The molecule has 0 aromatic rings. The largest absolute Gasteiger partial charge is 0.381 e. The first-order chi connectivity index (χ1) is 7.91. The molecule has 0 saturated heterocycles. The molecule has 0 spiro atoms. The van der Waals surface area contributed by atoms with E-state index in [9.17, 15) is 8.42 Å². The van der Waals surface area contributed by atoms with Crippen molar-refractivity contribution >= 4 is 19.7 Å². The first-order valence-electron chi connectivity index (χ1n) is 6.41. The van der Waals surface area contributed by atoms with E-state index in [1.165, 1.54) is 12.8 Å². The van der Waals surface area contributed by atoms with E-state index in [0.717, 1.165) is 31.8 Å². The van der Waals surface area contributed by atoms with Crippen LogP contribution in [0.4, 0.5) is 0 Å². The fourth-order valence-corrected chi connectivity index (χ4v) is 3.93. The predicted molar refractivity (Wildman–Crippen MR) is 70.8 cm³/mol. The summed E-state index contributed by atoms with van der Waals surface area (Å²) < 4.78 is 28.1. The normalized spacial score (nSPS) is 17.4. The van der Waals surface area contributed by atoms with Crippen LogP contribution in [0.15, 0.2) is 0 Å². The lowest BCUT2D eigenvalue weighted by molar-refractivity contribution is 0.0471. The summed E-state index contributed by atoms with van der Waals surface area (Å²) in [5.41, 5.74) is -0.315. The Morgan fingerprint density at radius 2 is 1.88 bits per heavy atom. The first-order valence-corrected chi connectivity index (χ1v) is 8.89. The minimum absolute atomic E-state index is 0.0119. The highest BCUT2D eigenvalue weighted by atomic mass is 35.7. The van der Waals surface area contributed by atoms with Crippen LogP contribution in [0, 0.1) is 11.3 Å². The smallest absolute Gasteiger partial charge is 0.233 e. The summed E-state index contributed by atoms with van der Waals surface area (Å²) in [6.45, 7) is 5.24. The molecular formula is C12H23ClO3S. The van der Waals surface area contributed by atoms with E-state index in [0.29, 0.717) is 6.61 Å². The molecule has 102 valence electrons. The van der Waals surface area contributed by atoms with Gasteiger partial charge >= 0.3 is 0 Å². The molecular weight excluding hydrogens is 260 g/mol. The van der Waals surface area contributed by atoms with E-state index in [1.807, 2.05) is 13.8 Å². The number of rotatable bonds is 9. The molecule has 0 atom stereocenters. The Morgan fingerprint density at radius 1 is 1.29 bits per heavy atom. The third-order valence-electron chi connectivity index (χ3n) is 3.75. The highest BCUT2D eigenvalue weighted by Crippen LogP contribution is 2.33. The highest BCUT2D eigenvalue weighted by Gasteiger charge is 2.32. The SMILES string of the molecule is CCC(CC)(COCCC1CC1)CS(=O)(=O)Cl. The molecule has 0 aliphatic heterocycles. The van der Waals surface area contributed by atoms with Crippen molar-refractivity contribution in [2.75, 3.05) is 19.0 Å². The Kier molecular flexibility index (Phi) is 5.74. The molecule has 0 heterocycles. The zero-order chi connectivity index (χ0) is 12.9. The molecule has 0 unspecified atom stereocenters. The van der Waals surface area contributed by atoms with Gasteiger partial charge in [-0.15, -0.1) is 0 Å². The van der Waals surface area contributed by atoms with Crippen molar-refractivity contribution in [1.29, 1.82) is 0 Å². The Hall–Kier alpha value is 0.200. The number of ether oxygens (including phenoxy) is 1. The predicted octanol–water partition coefficient (Wildman–Crippen LogP) is 3.18. The fraction of sp³-hybridized carbons (Fsp3) is 1.00. The lowest BCUT2D eigenvalue weighted by Crippen LogP contribution is -2.32. The van der Waals surface area contributed by atoms with Crippen molar-refractivity contribution in [3.05, 3.63) is 0 Å². The molecule has 0 amide bonds. The Balaban J connectivity index is 2.38. The third-order valence-corrected chi connectivity index (χ3v) is 5.04. The molecule has 0 aromatic carbocycles. The maximum Gasteiger partial charge on any atom is 0.233 e. The maximum atomic E-state index is 11.2. The molecule has 1 aliphatic rings. The molecule has 0 aromatic heterocycles. The van der Waals surface area contributed by atoms with Gasteiger partial charge in [0.15, 0.2) is 0 Å². The Labute approximate surface area is 109 Å². The molecule has 1 saturated carbocycles. The van der Waals surface area contributed by atoms with Crippen LogP contribution in [0.25, 0.3) is 0 Å². The van der Waals surface area contributed by atoms with Crippen LogP contribution in [0.5, 0.6) is 0 Å². The zero-order valence-electron chi connectivity index (χ0n) is 10.7. The molecule has 5 heteroatoms. The fourth-order valence-electron chi connectivity index (χ4n) is 2.01. The van der Waals surface area contributed by atoms with Gasteiger partial charge in [-0.3, -0.25) is 0 Å². The van der Waals surface area contributed by atoms with Gasteiger partial charge in [-0.25, -0.2) is 8.42 Å². The van der Waals surface area contributed by atoms with Crippen molar-refractivity contribution in [2.45, 2.75) is 46.0 Å². The first kappa shape index (κ1) is 15.3. The molecule has 0 N–H and O–H groups in total. The Morgan fingerprint density at radius 3 is 2.29 bits per heavy atom. The minimum Gasteiger partial charge on any atom is -0.381 e. The summed E-state index contributed by atoms with van der Waals surface area (Å²) in [6.07, 6.45) is 5.31. The number of halogens is 1. The van der Waals surface area contributed by atoms with Crippen LogP contribution in [-0.4, -0.2) is 27.4 Å². The monoisotopic (exact) mass is 282 g/mol. The minimum atomic E-state index is -3.45. The summed E-state index contributed by atoms with van der Waals surface area (Å²) in [6, 6.07) is 0. The van der Waals surface area contributed by atoms with E-state index in [1.54, 1.807) is 0 Å². The van der Waals surface area contributed by atoms with Crippen LogP contribution in [-0.2, 0) is 13.8 Å². The molecule has 3 nitrogen and oxygen atoms in total. The summed E-state index contributed by atoms with van der Waals surface area (Å²) in [4.78, 5) is 0. The van der Waals surface area contributed by atoms with Crippen molar-refractivity contribution in [2.24, 2.45) is 11.3 Å². The van der Waals surface area contributed by atoms with Crippen molar-refractivity contribution in [3.63, 3.8) is 0 Å². The number of hydrogen-bond acceptors (Lipinski definition) is 3. The summed E-state index contributed by atoms with van der Waals surface area (Å²) in [7, 11) is 1.91. The number of hydrogen-bond donors (Lipinski definition) is 0. The maximum absolute atomic E-state index is 11.2. The molecule has 1 rings (SSSR count). The van der Waals surface area contributed by atoms with Gasteiger partial charge < -0.3 is 4.74 Å². The third kappa shape index (κ3) is 6.07. The van der Waals surface area contributed by atoms with Crippen LogP contribution in [0.3, 0.4) is 0 Å². The molecule has 1 aliphatic carbocycles. The highest BCUT2D eigenvalue weighted by molar-refractivity contribution is 8.13. The van der Waals surface area contributed by atoms with Crippen molar-refractivity contribution < 1.29 is 13.2 Å². The molecule has 0 radical (unpaired) electrons. The zero-order valence-corrected chi connectivity index (χ0v) is 12.3. The van der Waals surface area contributed by atoms with Gasteiger partial charge in [0.1, 0.15) is 0 Å². The van der Waals surface area contributed by atoms with Crippen LogP contribution in [0.1, 0.15) is 46.0 Å². The second-order valence-corrected chi connectivity index (χ2v) is 7.95. The summed E-state index contributed by atoms with van der Waals surface area (Å²) in [5.74, 6) is 0.863. The topological polar surface area (TPSA) is 43.4 Å². The average molecular weight is 283 g/mol. The quantitative estimate of drug-likeness (QED) is 0.482. The van der Waals surface area contributed by atoms with Gasteiger partial charge in [0.2, 0.25) is 9.05 Å². The second kappa shape index (κ2) is 6.39. The van der Waals surface area contributed by atoms with Crippen LogP contribution >= 0.6 is 10.7 Å². The van der Waals surface area contributed by atoms with E-state index >= 15 is 0 Å². The molecule has 1 fully saturated rings. The molecule has 17 heavy (non-hydrogen) atoms. The van der Waals surface area contributed by atoms with Crippen molar-refractivity contribution in [1.82, 2.24) is 0 Å². The van der Waals surface area contributed by atoms with E-state index < -0.39 is 9.05 Å². The van der Waals surface area contributed by atoms with E-state index in [2.05, 4.69) is 0 Å². The van der Waals surface area contributed by atoms with E-state index in [4.69, 9.17) is 15.4 Å². The Bertz CT molecular complexity index is 319. The summed E-state index contributed by atoms with van der Waals surface area (Å²) in [5, 5.41) is 0. The van der Waals surface area contributed by atoms with E-state index in [-0.39, 0.29) is 11.2 Å². The van der Waals surface area contributed by atoms with Gasteiger partial charge in [0.25, 0.3) is 0 Å². The van der Waals surface area contributed by atoms with Crippen LogP contribution in [0.2, 0.25) is 0 Å². The van der Waals surface area contributed by atoms with Gasteiger partial charge in [-0.1, -0.05) is 26.7 Å². The molecule has 0 bridgehead atoms. The lowest BCUT2D eigenvalue weighted by atomic mass is 9.85. The lowest BCUT2D eigenvalue weighted by Gasteiger charge is -2.30. The standard InChI is InChI=1S/C12H23ClO3S/c1-3-12(4-2,10-17(13,14)15)9-16-8-7-11-5-6-11/h11H,3-10H2,1-2H3.